The summed E-state index contributed by atoms with van der Waals surface area (Å²) in [5.74, 6) is -1.04. The summed E-state index contributed by atoms with van der Waals surface area (Å²) < 4.78 is 2.70. The molecule has 0 saturated carbocycles. The van der Waals surface area contributed by atoms with E-state index in [0.29, 0.717) is 16.5 Å². The van der Waals surface area contributed by atoms with Crippen molar-refractivity contribution in [2.24, 2.45) is 0 Å². The lowest BCUT2D eigenvalue weighted by Gasteiger charge is -2.12. The highest BCUT2D eigenvalue weighted by atomic mass is 35.5. The molecule has 3 N–H and O–H groups in total. The Hall–Kier alpha value is -4.02. The predicted molar refractivity (Wildman–Crippen MR) is 136 cm³/mol. The number of carbonyl (C=O) groups excluding carboxylic acids is 1. The Labute approximate surface area is 208 Å². The molecule has 1 unspecified atom stereocenters. The standard InChI is InChI=1S/C24H19ClN6O3S/c1-2-17(23(33)34)27-22(32)16-4-3-11-31-20(29-30-21(16)31)13-5-8-15(9-6-13)26-24-28-18-10-7-14(25)12-19(18)35-24/h3-12,17H,2H2,1H3,(H,26,28)(H,27,32)(H,33,34). The van der Waals surface area contributed by atoms with E-state index in [0.717, 1.165) is 26.6 Å². The molecule has 1 amide bonds. The lowest BCUT2D eigenvalue weighted by molar-refractivity contribution is -0.139. The zero-order chi connectivity index (χ0) is 24.5. The maximum absolute atomic E-state index is 12.7. The van der Waals surface area contributed by atoms with E-state index in [1.807, 2.05) is 42.5 Å². The van der Waals surface area contributed by atoms with Crippen LogP contribution in [0.2, 0.25) is 5.02 Å². The molecule has 0 aliphatic heterocycles. The molecule has 0 fully saturated rings. The molecule has 5 rings (SSSR count). The van der Waals surface area contributed by atoms with Gasteiger partial charge in [-0.2, -0.15) is 0 Å². The Kier molecular flexibility index (Phi) is 6.06. The molecule has 176 valence electrons. The molecular formula is C24H19ClN6O3S. The summed E-state index contributed by atoms with van der Waals surface area (Å²) in [7, 11) is 0. The number of nitrogens with one attached hydrogen (secondary N) is 2. The number of aliphatic carboxylic acids is 1. The second-order valence-corrected chi connectivity index (χ2v) is 9.21. The van der Waals surface area contributed by atoms with Crippen molar-refractivity contribution in [3.8, 4) is 11.4 Å². The van der Waals surface area contributed by atoms with Crippen molar-refractivity contribution in [1.29, 1.82) is 0 Å². The van der Waals surface area contributed by atoms with Gasteiger partial charge in [0.2, 0.25) is 0 Å². The Morgan fingerprint density at radius 1 is 1.14 bits per heavy atom. The zero-order valence-corrected chi connectivity index (χ0v) is 20.0. The SMILES string of the molecule is CCC(NC(=O)c1cccn2c(-c3ccc(Nc4nc5ccc(Cl)cc5s4)cc3)nnc12)C(=O)O. The minimum absolute atomic E-state index is 0.250. The molecule has 0 saturated heterocycles. The number of hydrogen-bond acceptors (Lipinski definition) is 7. The van der Waals surface area contributed by atoms with Crippen LogP contribution in [0.15, 0.2) is 60.8 Å². The number of hydrogen-bond donors (Lipinski definition) is 3. The average molecular weight is 507 g/mol. The first kappa shape index (κ1) is 22.8. The molecule has 1 atom stereocenters. The molecule has 2 aromatic carbocycles. The predicted octanol–water partition coefficient (Wildman–Crippen LogP) is 5.00. The highest BCUT2D eigenvalue weighted by Gasteiger charge is 2.21. The number of carboxylic acids is 1. The smallest absolute Gasteiger partial charge is 0.326 e. The number of amides is 1. The molecule has 0 bridgehead atoms. The van der Waals surface area contributed by atoms with Gasteiger partial charge in [0.05, 0.1) is 15.8 Å². The van der Waals surface area contributed by atoms with Crippen molar-refractivity contribution in [2.45, 2.75) is 19.4 Å². The molecule has 3 heterocycles. The molecule has 0 spiro atoms. The fourth-order valence-electron chi connectivity index (χ4n) is 3.64. The van der Waals surface area contributed by atoms with Crippen LogP contribution < -0.4 is 10.6 Å². The summed E-state index contributed by atoms with van der Waals surface area (Å²) in [6.07, 6.45) is 2.03. The van der Waals surface area contributed by atoms with E-state index in [-0.39, 0.29) is 12.0 Å². The minimum Gasteiger partial charge on any atom is -0.480 e. The molecule has 9 nitrogen and oxygen atoms in total. The second-order valence-electron chi connectivity index (χ2n) is 7.75. The fourth-order valence-corrected chi connectivity index (χ4v) is 4.80. The van der Waals surface area contributed by atoms with Crippen LogP contribution in [0.1, 0.15) is 23.7 Å². The van der Waals surface area contributed by atoms with E-state index in [1.165, 1.54) is 11.3 Å². The quantitative estimate of drug-likeness (QED) is 0.284. The summed E-state index contributed by atoms with van der Waals surface area (Å²) in [6.45, 7) is 1.69. The summed E-state index contributed by atoms with van der Waals surface area (Å²) in [5.41, 5.74) is 3.12. The molecule has 0 aliphatic rings. The van der Waals surface area contributed by atoms with Crippen molar-refractivity contribution in [3.63, 3.8) is 0 Å². The van der Waals surface area contributed by atoms with Crippen molar-refractivity contribution < 1.29 is 14.7 Å². The van der Waals surface area contributed by atoms with Gasteiger partial charge in [0, 0.05) is 22.5 Å². The van der Waals surface area contributed by atoms with Crippen LogP contribution in [0.3, 0.4) is 0 Å². The number of pyridine rings is 1. The van der Waals surface area contributed by atoms with Crippen molar-refractivity contribution in [2.75, 3.05) is 5.32 Å². The lowest BCUT2D eigenvalue weighted by Crippen LogP contribution is -2.40. The van der Waals surface area contributed by atoms with Gasteiger partial charge in [-0.05, 0) is 61.0 Å². The third-order valence-corrected chi connectivity index (χ3v) is 6.60. The van der Waals surface area contributed by atoms with Gasteiger partial charge in [0.25, 0.3) is 5.91 Å². The normalized spacial score (nSPS) is 12.1. The summed E-state index contributed by atoms with van der Waals surface area (Å²) in [5, 5.41) is 24.9. The van der Waals surface area contributed by atoms with Crippen molar-refractivity contribution in [3.05, 3.63) is 71.4 Å². The summed E-state index contributed by atoms with van der Waals surface area (Å²) in [6, 6.07) is 15.5. The van der Waals surface area contributed by atoms with Crippen LogP contribution >= 0.6 is 22.9 Å². The third kappa shape index (κ3) is 4.53. The van der Waals surface area contributed by atoms with Gasteiger partial charge >= 0.3 is 5.97 Å². The van der Waals surface area contributed by atoms with Gasteiger partial charge < -0.3 is 15.7 Å². The number of benzene rings is 2. The number of fused-ring (bicyclic) bond motifs is 2. The molecule has 11 heteroatoms. The monoisotopic (exact) mass is 506 g/mol. The number of thiazole rings is 1. The maximum atomic E-state index is 12.7. The van der Waals surface area contributed by atoms with Crippen molar-refractivity contribution >= 4 is 61.5 Å². The molecule has 0 radical (unpaired) electrons. The molecule has 5 aromatic rings. The Bertz CT molecular complexity index is 1560. The van der Waals surface area contributed by atoms with Gasteiger partial charge in [0.15, 0.2) is 16.6 Å². The number of halogens is 1. The van der Waals surface area contributed by atoms with Gasteiger partial charge in [-0.3, -0.25) is 9.20 Å². The Morgan fingerprint density at radius 3 is 2.69 bits per heavy atom. The van der Waals surface area contributed by atoms with E-state index in [2.05, 4.69) is 25.8 Å². The lowest BCUT2D eigenvalue weighted by atomic mass is 10.1. The number of aromatic nitrogens is 4. The van der Waals surface area contributed by atoms with E-state index in [4.69, 9.17) is 11.6 Å². The first-order valence-corrected chi connectivity index (χ1v) is 11.9. The third-order valence-electron chi connectivity index (χ3n) is 5.44. The maximum Gasteiger partial charge on any atom is 0.326 e. The number of carboxylic acid groups (broad SMARTS) is 1. The summed E-state index contributed by atoms with van der Waals surface area (Å²) in [4.78, 5) is 28.6. The largest absolute Gasteiger partial charge is 0.480 e. The fraction of sp³-hybridized carbons (Fsp3) is 0.125. The van der Waals surface area contributed by atoms with E-state index in [9.17, 15) is 14.7 Å². The van der Waals surface area contributed by atoms with Gasteiger partial charge in [0.1, 0.15) is 6.04 Å². The molecule has 0 aliphatic carbocycles. The van der Waals surface area contributed by atoms with E-state index >= 15 is 0 Å². The molecule has 35 heavy (non-hydrogen) atoms. The van der Waals surface area contributed by atoms with E-state index in [1.54, 1.807) is 29.7 Å². The molecule has 3 aromatic heterocycles. The summed E-state index contributed by atoms with van der Waals surface area (Å²) >= 11 is 7.58. The zero-order valence-electron chi connectivity index (χ0n) is 18.4. The first-order valence-electron chi connectivity index (χ1n) is 10.7. The van der Waals surface area contributed by atoms with Crippen LogP contribution in [-0.2, 0) is 4.79 Å². The van der Waals surface area contributed by atoms with Crippen LogP contribution in [-0.4, -0.2) is 42.6 Å². The first-order chi connectivity index (χ1) is 16.9. The van der Waals surface area contributed by atoms with Crippen LogP contribution in [0.5, 0.6) is 0 Å². The Balaban J connectivity index is 1.39. The second kappa shape index (κ2) is 9.32. The van der Waals surface area contributed by atoms with Crippen LogP contribution in [0.25, 0.3) is 27.3 Å². The van der Waals surface area contributed by atoms with E-state index < -0.39 is 17.9 Å². The van der Waals surface area contributed by atoms with Crippen molar-refractivity contribution in [1.82, 2.24) is 24.9 Å². The Morgan fingerprint density at radius 2 is 1.94 bits per heavy atom. The topological polar surface area (TPSA) is 122 Å². The van der Waals surface area contributed by atoms with Gasteiger partial charge in [-0.15, -0.1) is 10.2 Å². The van der Waals surface area contributed by atoms with Crippen LogP contribution in [0.4, 0.5) is 10.8 Å². The highest BCUT2D eigenvalue weighted by Crippen LogP contribution is 2.31. The van der Waals surface area contributed by atoms with Gasteiger partial charge in [-0.25, -0.2) is 9.78 Å². The average Bonchev–Trinajstić information content (AvgIpc) is 3.46. The van der Waals surface area contributed by atoms with Crippen LogP contribution in [0, 0.1) is 0 Å². The number of carbonyl (C=O) groups is 2. The number of anilines is 2. The number of nitrogens with zero attached hydrogens (tertiary/aromatic N) is 4. The number of rotatable bonds is 7. The highest BCUT2D eigenvalue weighted by molar-refractivity contribution is 7.22. The molecular weight excluding hydrogens is 488 g/mol. The minimum atomic E-state index is -1.08. The van der Waals surface area contributed by atoms with Gasteiger partial charge in [-0.1, -0.05) is 29.9 Å².